The number of carbonyl (C=O) groups excluding carboxylic acids is 3. The second-order valence-electron chi connectivity index (χ2n) is 19.0. The maximum atomic E-state index is 12.8. The largest absolute Gasteiger partial charge is 0.462 e. The number of rotatable bonds is 45. The molecule has 0 saturated carbocycles. The van der Waals surface area contributed by atoms with Gasteiger partial charge in [0.1, 0.15) is 13.2 Å². The Labute approximate surface area is 361 Å². The van der Waals surface area contributed by atoms with Crippen LogP contribution in [0.1, 0.15) is 279 Å². The van der Waals surface area contributed by atoms with Crippen LogP contribution in [-0.2, 0) is 28.6 Å². The predicted molar refractivity (Wildman–Crippen MR) is 247 cm³/mol. The van der Waals surface area contributed by atoms with Crippen molar-refractivity contribution in [2.45, 2.75) is 285 Å². The van der Waals surface area contributed by atoms with Gasteiger partial charge in [-0.15, -0.1) is 0 Å². The molecule has 344 valence electrons. The first kappa shape index (κ1) is 56.4. The van der Waals surface area contributed by atoms with Crippen LogP contribution < -0.4 is 0 Å². The Kier molecular flexibility index (Phi) is 42.3. The lowest BCUT2D eigenvalue weighted by molar-refractivity contribution is -0.167. The van der Waals surface area contributed by atoms with Crippen LogP contribution in [0.5, 0.6) is 0 Å². The highest BCUT2D eigenvalue weighted by molar-refractivity contribution is 5.71. The first-order chi connectivity index (χ1) is 28.1. The lowest BCUT2D eigenvalue weighted by atomic mass is 10.00. The van der Waals surface area contributed by atoms with Gasteiger partial charge in [-0.3, -0.25) is 14.4 Å². The number of ether oxygens (including phenoxy) is 3. The Morgan fingerprint density at radius 1 is 0.345 bits per heavy atom. The van der Waals surface area contributed by atoms with Crippen molar-refractivity contribution in [2.75, 3.05) is 13.2 Å². The molecule has 6 heteroatoms. The van der Waals surface area contributed by atoms with E-state index in [9.17, 15) is 14.4 Å². The molecule has 0 rings (SSSR count). The molecule has 0 aliphatic carbocycles. The van der Waals surface area contributed by atoms with Gasteiger partial charge < -0.3 is 14.2 Å². The van der Waals surface area contributed by atoms with E-state index in [1.165, 1.54) is 161 Å². The molecule has 0 bridgehead atoms. The van der Waals surface area contributed by atoms with Crippen LogP contribution in [-0.4, -0.2) is 37.2 Å². The van der Waals surface area contributed by atoms with Gasteiger partial charge in [0.15, 0.2) is 6.10 Å². The third kappa shape index (κ3) is 44.0. The highest BCUT2D eigenvalue weighted by Crippen LogP contribution is 2.18. The van der Waals surface area contributed by atoms with E-state index in [1.807, 2.05) is 0 Å². The fourth-order valence-electron chi connectivity index (χ4n) is 7.73. The quantitative estimate of drug-likeness (QED) is 0.0346. The van der Waals surface area contributed by atoms with Crippen molar-refractivity contribution in [3.8, 4) is 0 Å². The first-order valence-corrected chi connectivity index (χ1v) is 25.6. The molecule has 0 spiro atoms. The van der Waals surface area contributed by atoms with Gasteiger partial charge in [-0.05, 0) is 37.0 Å². The van der Waals surface area contributed by atoms with Crippen LogP contribution in [0.15, 0.2) is 0 Å². The maximum absolute atomic E-state index is 12.8. The summed E-state index contributed by atoms with van der Waals surface area (Å²) < 4.78 is 16.8. The zero-order valence-electron chi connectivity index (χ0n) is 39.8. The summed E-state index contributed by atoms with van der Waals surface area (Å²) in [5.74, 6) is 1.62. The molecule has 0 fully saturated rings. The average Bonchev–Trinajstić information content (AvgIpc) is 3.19. The summed E-state index contributed by atoms with van der Waals surface area (Å²) in [5.41, 5.74) is 0. The highest BCUT2D eigenvalue weighted by atomic mass is 16.6. The third-order valence-corrected chi connectivity index (χ3v) is 12.0. The molecule has 0 aliphatic rings. The summed E-state index contributed by atoms with van der Waals surface area (Å²) in [6.07, 6.45) is 42.4. The molecule has 0 N–H and O–H groups in total. The van der Waals surface area contributed by atoms with Crippen LogP contribution >= 0.6 is 0 Å². The standard InChI is InChI=1S/C52H100O6/c1-7-48(6)40-34-28-24-25-30-36-42-51(54)57-45-49(58-52(55)43-37-31-23-19-15-14-17-21-27-33-39-47(4)5)44-56-50(53)41-35-29-22-18-13-11-9-8-10-12-16-20-26-32-38-46(2)3/h46-49H,7-45H2,1-6H3/t48?,49-/m0/s1. The highest BCUT2D eigenvalue weighted by Gasteiger charge is 2.19. The molecular weight excluding hydrogens is 721 g/mol. The van der Waals surface area contributed by atoms with Crippen LogP contribution in [0.4, 0.5) is 0 Å². The van der Waals surface area contributed by atoms with Gasteiger partial charge in [0.05, 0.1) is 0 Å². The minimum atomic E-state index is -0.763. The SMILES string of the molecule is CCC(C)CCCCCCCCC(=O)OC[C@H](COC(=O)CCCCCCCCCCCCCCCCC(C)C)OC(=O)CCCCCCCCCCCCC(C)C. The number of hydrogen-bond acceptors (Lipinski definition) is 6. The molecule has 0 heterocycles. The lowest BCUT2D eigenvalue weighted by Crippen LogP contribution is -2.30. The Morgan fingerprint density at radius 2 is 0.603 bits per heavy atom. The zero-order valence-corrected chi connectivity index (χ0v) is 39.8. The molecule has 0 aromatic heterocycles. The van der Waals surface area contributed by atoms with Gasteiger partial charge in [0, 0.05) is 19.3 Å². The predicted octanol–water partition coefficient (Wildman–Crippen LogP) is 16.4. The molecule has 2 atom stereocenters. The Hall–Kier alpha value is -1.59. The monoisotopic (exact) mass is 821 g/mol. The van der Waals surface area contributed by atoms with E-state index < -0.39 is 6.10 Å². The van der Waals surface area contributed by atoms with Crippen LogP contribution in [0, 0.1) is 17.8 Å². The van der Waals surface area contributed by atoms with Crippen LogP contribution in [0.25, 0.3) is 0 Å². The normalized spacial score (nSPS) is 12.6. The van der Waals surface area contributed by atoms with Gasteiger partial charge in [-0.25, -0.2) is 0 Å². The van der Waals surface area contributed by atoms with Crippen molar-refractivity contribution in [3.05, 3.63) is 0 Å². The fourth-order valence-corrected chi connectivity index (χ4v) is 7.73. The van der Waals surface area contributed by atoms with Crippen LogP contribution in [0.3, 0.4) is 0 Å². The molecule has 0 aromatic rings. The van der Waals surface area contributed by atoms with Gasteiger partial charge in [-0.1, -0.05) is 241 Å². The number of unbranched alkanes of at least 4 members (excludes halogenated alkanes) is 27. The van der Waals surface area contributed by atoms with Gasteiger partial charge >= 0.3 is 17.9 Å². The van der Waals surface area contributed by atoms with Crippen LogP contribution in [0.2, 0.25) is 0 Å². The average molecular weight is 821 g/mol. The summed E-state index contributed by atoms with van der Waals surface area (Å²) in [4.78, 5) is 37.9. The zero-order chi connectivity index (χ0) is 42.7. The van der Waals surface area contributed by atoms with Gasteiger partial charge in [0.2, 0.25) is 0 Å². The van der Waals surface area contributed by atoms with E-state index in [0.717, 1.165) is 75.5 Å². The van der Waals surface area contributed by atoms with E-state index in [2.05, 4.69) is 41.5 Å². The summed E-state index contributed by atoms with van der Waals surface area (Å²) in [6.45, 7) is 13.7. The minimum Gasteiger partial charge on any atom is -0.462 e. The van der Waals surface area contributed by atoms with Crippen molar-refractivity contribution >= 4 is 17.9 Å². The summed E-state index contributed by atoms with van der Waals surface area (Å²) in [7, 11) is 0. The molecule has 0 aromatic carbocycles. The van der Waals surface area contributed by atoms with E-state index in [1.54, 1.807) is 0 Å². The smallest absolute Gasteiger partial charge is 0.306 e. The van der Waals surface area contributed by atoms with Gasteiger partial charge in [0.25, 0.3) is 0 Å². The molecule has 0 aliphatic heterocycles. The minimum absolute atomic E-state index is 0.0654. The number of hydrogen-bond donors (Lipinski definition) is 0. The Bertz CT molecular complexity index is 900. The third-order valence-electron chi connectivity index (χ3n) is 12.0. The Balaban J connectivity index is 4.29. The number of esters is 3. The Morgan fingerprint density at radius 3 is 0.897 bits per heavy atom. The fraction of sp³-hybridized carbons (Fsp3) is 0.942. The van der Waals surface area contributed by atoms with Gasteiger partial charge in [-0.2, -0.15) is 0 Å². The topological polar surface area (TPSA) is 78.9 Å². The molecule has 0 saturated heterocycles. The van der Waals surface area contributed by atoms with Crippen molar-refractivity contribution in [1.82, 2.24) is 0 Å². The van der Waals surface area contributed by atoms with E-state index >= 15 is 0 Å². The van der Waals surface area contributed by atoms with E-state index in [4.69, 9.17) is 14.2 Å². The van der Waals surface area contributed by atoms with Crippen molar-refractivity contribution in [3.63, 3.8) is 0 Å². The molecule has 0 radical (unpaired) electrons. The summed E-state index contributed by atoms with van der Waals surface area (Å²) >= 11 is 0. The lowest BCUT2D eigenvalue weighted by Gasteiger charge is -2.18. The second-order valence-corrected chi connectivity index (χ2v) is 19.0. The molecule has 58 heavy (non-hydrogen) atoms. The van der Waals surface area contributed by atoms with E-state index in [0.29, 0.717) is 19.3 Å². The first-order valence-electron chi connectivity index (χ1n) is 25.6. The van der Waals surface area contributed by atoms with Crippen molar-refractivity contribution in [1.29, 1.82) is 0 Å². The molecule has 0 amide bonds. The molecular formula is C52H100O6. The molecule has 1 unspecified atom stereocenters. The number of carbonyl (C=O) groups is 3. The van der Waals surface area contributed by atoms with E-state index in [-0.39, 0.29) is 31.1 Å². The van der Waals surface area contributed by atoms with Crippen molar-refractivity contribution < 1.29 is 28.6 Å². The maximum Gasteiger partial charge on any atom is 0.306 e. The molecule has 6 nitrogen and oxygen atoms in total. The van der Waals surface area contributed by atoms with Crippen molar-refractivity contribution in [2.24, 2.45) is 17.8 Å². The summed E-state index contributed by atoms with van der Waals surface area (Å²) in [6, 6.07) is 0. The summed E-state index contributed by atoms with van der Waals surface area (Å²) in [5, 5.41) is 0. The second kappa shape index (κ2) is 43.5.